The molecule has 170 valence electrons. The summed E-state index contributed by atoms with van der Waals surface area (Å²) in [6, 6.07) is 11.8. The van der Waals surface area contributed by atoms with Gasteiger partial charge < -0.3 is 9.73 Å². The van der Waals surface area contributed by atoms with E-state index < -0.39 is 17.0 Å². The third-order valence-electron chi connectivity index (χ3n) is 4.63. The molecule has 5 nitrogen and oxygen atoms in total. The average Bonchev–Trinajstić information content (AvgIpc) is 3.36. The van der Waals surface area contributed by atoms with Crippen molar-refractivity contribution in [1.82, 2.24) is 5.32 Å². The molecule has 0 spiro atoms. The Morgan fingerprint density at radius 3 is 2.61 bits per heavy atom. The first-order chi connectivity index (χ1) is 15.7. The number of furan rings is 1. The molecule has 2 aromatic carbocycles. The van der Waals surface area contributed by atoms with Gasteiger partial charge in [0.2, 0.25) is 5.91 Å². The van der Waals surface area contributed by atoms with Gasteiger partial charge in [-0.25, -0.2) is 4.39 Å². The summed E-state index contributed by atoms with van der Waals surface area (Å²) in [5.74, 6) is -0.212. The summed E-state index contributed by atoms with van der Waals surface area (Å²) in [7, 11) is 0. The highest BCUT2D eigenvalue weighted by molar-refractivity contribution is 8.15. The molecule has 1 N–H and O–H groups in total. The van der Waals surface area contributed by atoms with Crippen LogP contribution in [-0.2, 0) is 17.4 Å². The molecule has 0 bridgehead atoms. The zero-order valence-electron chi connectivity index (χ0n) is 16.6. The monoisotopic (exact) mass is 495 g/mol. The summed E-state index contributed by atoms with van der Waals surface area (Å²) in [6.07, 6.45) is -2.85. The molecule has 1 atom stereocenters. The first-order valence-electron chi connectivity index (χ1n) is 9.49. The number of carbonyl (C=O) groups is 1. The summed E-state index contributed by atoms with van der Waals surface area (Å²) < 4.78 is 57.5. The predicted molar refractivity (Wildman–Crippen MR) is 119 cm³/mol. The molecule has 1 aliphatic rings. The van der Waals surface area contributed by atoms with Crippen LogP contribution in [0.5, 0.6) is 0 Å². The van der Waals surface area contributed by atoms with E-state index in [0.29, 0.717) is 6.42 Å². The van der Waals surface area contributed by atoms with E-state index in [4.69, 9.17) is 16.0 Å². The van der Waals surface area contributed by atoms with E-state index in [2.05, 4.69) is 15.5 Å². The summed E-state index contributed by atoms with van der Waals surface area (Å²) in [4.78, 5) is 12.1. The van der Waals surface area contributed by atoms with Crippen molar-refractivity contribution in [3.8, 4) is 11.3 Å². The number of nitrogens with zero attached hydrogens (tertiary/aromatic N) is 2. The Morgan fingerprint density at radius 1 is 1.12 bits per heavy atom. The van der Waals surface area contributed by atoms with Gasteiger partial charge in [0.15, 0.2) is 5.17 Å². The smallest absolute Gasteiger partial charge is 0.416 e. The van der Waals surface area contributed by atoms with E-state index in [9.17, 15) is 22.4 Å². The molecule has 1 amide bonds. The Kier molecular flexibility index (Phi) is 6.57. The standard InChI is InChI=1S/C22H14ClF4N3O2S/c23-17-7-3-13(22(25,26)27)10-16(17)18-8-6-15(32-18)11-28-30-21-29-20(31)19(33-21)9-12-1-4-14(24)5-2-12/h1-8,10-11,19H,9H2,(H,29,30,31)/b28-11+. The fourth-order valence-electron chi connectivity index (χ4n) is 3.02. The molecule has 11 heteroatoms. The van der Waals surface area contributed by atoms with Crippen molar-refractivity contribution in [3.63, 3.8) is 0 Å². The lowest BCUT2D eigenvalue weighted by Crippen LogP contribution is -2.25. The molecule has 0 radical (unpaired) electrons. The van der Waals surface area contributed by atoms with E-state index >= 15 is 0 Å². The third kappa shape index (κ3) is 5.63. The zero-order chi connectivity index (χ0) is 23.6. The number of amidine groups is 1. The number of hydrogen-bond acceptors (Lipinski definition) is 5. The Balaban J connectivity index is 1.43. The first kappa shape index (κ1) is 23.1. The number of hydrogen-bond donors (Lipinski definition) is 1. The van der Waals surface area contributed by atoms with Crippen molar-refractivity contribution in [2.75, 3.05) is 0 Å². The molecule has 1 unspecified atom stereocenters. The lowest BCUT2D eigenvalue weighted by atomic mass is 10.1. The quantitative estimate of drug-likeness (QED) is 0.271. The highest BCUT2D eigenvalue weighted by Gasteiger charge is 2.32. The van der Waals surface area contributed by atoms with E-state index in [1.807, 2.05) is 0 Å². The molecule has 2 heterocycles. The molecule has 4 rings (SSSR count). The van der Waals surface area contributed by atoms with Gasteiger partial charge in [-0.1, -0.05) is 35.5 Å². The predicted octanol–water partition coefficient (Wildman–Crippen LogP) is 5.92. The largest absolute Gasteiger partial charge is 0.455 e. The van der Waals surface area contributed by atoms with Crippen molar-refractivity contribution in [1.29, 1.82) is 0 Å². The Morgan fingerprint density at radius 2 is 1.88 bits per heavy atom. The minimum Gasteiger partial charge on any atom is -0.455 e. The highest BCUT2D eigenvalue weighted by atomic mass is 35.5. The molecular formula is C22H14ClF4N3O2S. The number of amides is 1. The third-order valence-corrected chi connectivity index (χ3v) is 6.03. The van der Waals surface area contributed by atoms with E-state index in [0.717, 1.165) is 23.8 Å². The molecule has 0 saturated carbocycles. The SMILES string of the molecule is O=C1N/C(=N\N=C\c2ccc(-c3cc(C(F)(F)F)ccc3Cl)o2)SC1Cc1ccc(F)cc1. The zero-order valence-corrected chi connectivity index (χ0v) is 18.1. The van der Waals surface area contributed by atoms with Crippen molar-refractivity contribution < 1.29 is 26.8 Å². The number of benzene rings is 2. The van der Waals surface area contributed by atoms with Crippen LogP contribution in [0.15, 0.2) is 69.2 Å². The van der Waals surface area contributed by atoms with Crippen LogP contribution in [0.1, 0.15) is 16.9 Å². The van der Waals surface area contributed by atoms with Crippen LogP contribution in [0.2, 0.25) is 5.02 Å². The molecule has 1 saturated heterocycles. The van der Waals surface area contributed by atoms with Crippen LogP contribution in [0.3, 0.4) is 0 Å². The Labute approximate surface area is 194 Å². The number of thioether (sulfide) groups is 1. The second kappa shape index (κ2) is 9.40. The van der Waals surface area contributed by atoms with Crippen LogP contribution >= 0.6 is 23.4 Å². The Hall–Kier alpha value is -3.11. The number of halogens is 5. The highest BCUT2D eigenvalue weighted by Crippen LogP contribution is 2.36. The summed E-state index contributed by atoms with van der Waals surface area (Å²) in [6.45, 7) is 0. The molecule has 33 heavy (non-hydrogen) atoms. The molecule has 3 aromatic rings. The van der Waals surface area contributed by atoms with Crippen LogP contribution < -0.4 is 5.32 Å². The van der Waals surface area contributed by atoms with Gasteiger partial charge in [-0.05, 0) is 54.4 Å². The maximum Gasteiger partial charge on any atom is 0.416 e. The fourth-order valence-corrected chi connectivity index (χ4v) is 4.19. The number of nitrogens with one attached hydrogen (secondary N) is 1. The van der Waals surface area contributed by atoms with Crippen molar-refractivity contribution in [3.05, 3.63) is 82.3 Å². The Bertz CT molecular complexity index is 1240. The normalized spacial score (nSPS) is 17.8. The number of rotatable bonds is 5. The summed E-state index contributed by atoms with van der Waals surface area (Å²) >= 11 is 7.22. The first-order valence-corrected chi connectivity index (χ1v) is 10.7. The van der Waals surface area contributed by atoms with Gasteiger partial charge in [0.25, 0.3) is 0 Å². The molecule has 1 fully saturated rings. The summed E-state index contributed by atoms with van der Waals surface area (Å²) in [5, 5.41) is 10.4. The average molecular weight is 496 g/mol. The van der Waals surface area contributed by atoms with Gasteiger partial charge in [0.1, 0.15) is 17.3 Å². The van der Waals surface area contributed by atoms with Gasteiger partial charge in [-0.15, -0.1) is 5.10 Å². The number of carbonyl (C=O) groups excluding carboxylic acids is 1. The fraction of sp³-hybridized carbons (Fsp3) is 0.136. The number of alkyl halides is 3. The topological polar surface area (TPSA) is 67.0 Å². The van der Waals surface area contributed by atoms with Gasteiger partial charge in [0, 0.05) is 5.56 Å². The molecule has 1 aromatic heterocycles. The van der Waals surface area contributed by atoms with Gasteiger partial charge in [0.05, 0.1) is 22.1 Å². The summed E-state index contributed by atoms with van der Waals surface area (Å²) in [5.41, 5.74) is 0.0639. The van der Waals surface area contributed by atoms with Gasteiger partial charge in [-0.2, -0.15) is 18.3 Å². The lowest BCUT2D eigenvalue weighted by molar-refractivity contribution is -0.137. The van der Waals surface area contributed by atoms with E-state index in [1.165, 1.54) is 42.2 Å². The van der Waals surface area contributed by atoms with Crippen LogP contribution in [0.4, 0.5) is 17.6 Å². The molecule has 0 aliphatic carbocycles. The lowest BCUT2D eigenvalue weighted by Gasteiger charge is -2.08. The van der Waals surface area contributed by atoms with Gasteiger partial charge in [-0.3, -0.25) is 4.79 Å². The van der Waals surface area contributed by atoms with E-state index in [-0.39, 0.29) is 39.0 Å². The van der Waals surface area contributed by atoms with Gasteiger partial charge >= 0.3 is 6.18 Å². The maximum absolute atomic E-state index is 13.0. The molecular weight excluding hydrogens is 482 g/mol. The van der Waals surface area contributed by atoms with Crippen LogP contribution in [0.25, 0.3) is 11.3 Å². The second-order valence-corrected chi connectivity index (χ2v) is 8.57. The van der Waals surface area contributed by atoms with Crippen LogP contribution in [0, 0.1) is 5.82 Å². The van der Waals surface area contributed by atoms with Crippen LogP contribution in [-0.4, -0.2) is 22.5 Å². The second-order valence-electron chi connectivity index (χ2n) is 6.97. The minimum absolute atomic E-state index is 0.0969. The minimum atomic E-state index is -4.51. The van der Waals surface area contributed by atoms with E-state index in [1.54, 1.807) is 12.1 Å². The van der Waals surface area contributed by atoms with Crippen molar-refractivity contribution >= 4 is 40.7 Å². The van der Waals surface area contributed by atoms with Crippen molar-refractivity contribution in [2.24, 2.45) is 10.2 Å². The van der Waals surface area contributed by atoms with Crippen molar-refractivity contribution in [2.45, 2.75) is 17.8 Å². The maximum atomic E-state index is 13.0. The molecule has 1 aliphatic heterocycles.